The Bertz CT molecular complexity index is 3680. The number of hydrogen-bond donors (Lipinski definition) is 0. The smallest absolute Gasteiger partial charge is 0.0798 e. The summed E-state index contributed by atoms with van der Waals surface area (Å²) in [5, 5.41) is 3.40. The molecule has 0 saturated heterocycles. The summed E-state index contributed by atoms with van der Waals surface area (Å²) in [6.07, 6.45) is 1.74. The van der Waals surface area contributed by atoms with E-state index < -0.39 is 14.9 Å². The minimum Gasteiger partial charge on any atom is -0.333 e. The van der Waals surface area contributed by atoms with Crippen molar-refractivity contribution in [3.8, 4) is 61.7 Å². The zero-order valence-electron chi connectivity index (χ0n) is 43.6. The number of pyridine rings is 1. The van der Waals surface area contributed by atoms with E-state index in [0.717, 1.165) is 33.2 Å². The van der Waals surface area contributed by atoms with Gasteiger partial charge < -0.3 is 9.55 Å². The maximum Gasteiger partial charge on any atom is 0.0798 e. The summed E-state index contributed by atoms with van der Waals surface area (Å²) in [6.45, 7) is 13.5. The Kier molecular flexibility index (Phi) is 13.0. The molecule has 3 aromatic heterocycles. The quantitative estimate of drug-likeness (QED) is 0.107. The van der Waals surface area contributed by atoms with Crippen LogP contribution in [0.4, 0.5) is 0 Å². The average Bonchev–Trinajstić information content (AvgIpc) is 3.97. The molecule has 0 fully saturated rings. The Hall–Kier alpha value is -6.53. The summed E-state index contributed by atoms with van der Waals surface area (Å²) < 4.78 is 28.2. The molecular weight excluding hydrogens is 1060 g/mol. The minimum atomic E-state index is -2.11. The Labute approximate surface area is 436 Å². The molecule has 70 heavy (non-hydrogen) atoms. The van der Waals surface area contributed by atoms with Gasteiger partial charge in [0, 0.05) is 40.8 Å². The second kappa shape index (κ2) is 20.4. The van der Waals surface area contributed by atoms with Gasteiger partial charge in [-0.25, -0.2) is 0 Å². The van der Waals surface area contributed by atoms with Crippen molar-refractivity contribution in [2.24, 2.45) is 0 Å². The van der Waals surface area contributed by atoms with Crippen molar-refractivity contribution in [2.75, 3.05) is 0 Å². The van der Waals surface area contributed by atoms with Crippen molar-refractivity contribution in [1.82, 2.24) is 14.5 Å². The van der Waals surface area contributed by atoms with Crippen LogP contribution in [-0.2, 0) is 20.1 Å². The molecule has 0 bridgehead atoms. The molecule has 1 radical (unpaired) electrons. The van der Waals surface area contributed by atoms with Crippen molar-refractivity contribution in [3.05, 3.63) is 217 Å². The van der Waals surface area contributed by atoms with Gasteiger partial charge >= 0.3 is 0 Å². The molecule has 0 aliphatic rings. The van der Waals surface area contributed by atoms with E-state index in [4.69, 9.17) is 9.10 Å². The number of aryl methyl sites for hydroxylation is 1. The Morgan fingerprint density at radius 3 is 1.81 bits per heavy atom. The third-order valence-electron chi connectivity index (χ3n) is 13.0. The molecule has 3 heterocycles. The van der Waals surface area contributed by atoms with E-state index in [1.165, 1.54) is 70.4 Å². The number of thiophene rings is 1. The Balaban J connectivity index is 0.000000264. The molecule has 0 saturated carbocycles. The van der Waals surface area contributed by atoms with Crippen LogP contribution in [0.1, 0.15) is 60.3 Å². The number of nitrogens with zero attached hydrogens (tertiary/aromatic N) is 3. The summed E-state index contributed by atoms with van der Waals surface area (Å²) in [6, 6.07) is 70.8. The number of fused-ring (bicyclic) bond motifs is 4. The van der Waals surface area contributed by atoms with Gasteiger partial charge in [0.15, 0.2) is 0 Å². The van der Waals surface area contributed by atoms with Gasteiger partial charge in [-0.3, -0.25) is 4.98 Å². The van der Waals surface area contributed by atoms with Crippen LogP contribution < -0.4 is 5.19 Å². The predicted octanol–water partition coefficient (Wildman–Crippen LogP) is 17.5. The Morgan fingerprint density at radius 1 is 0.586 bits per heavy atom. The SMILES string of the molecule is CC(C)c1cc(-c2ccccc2)cc(C(C)C)c1-n1c(-c2[c-]ccc3c2sc2ccc(-c4ccc(-c5ccccc5)cc4)cc23)nc2ccccc21.[2H]C([2H])([2H])c1cc(-c2[c-]cccc2)ncc1[Si](C)(C)C.[Ir]. The van der Waals surface area contributed by atoms with Crippen molar-refractivity contribution in [1.29, 1.82) is 0 Å². The normalized spacial score (nSPS) is 12.4. The van der Waals surface area contributed by atoms with E-state index >= 15 is 0 Å². The number of para-hydroxylation sites is 2. The summed E-state index contributed by atoms with van der Waals surface area (Å²) in [4.78, 5) is 9.84. The monoisotopic (exact) mass is 1120 g/mol. The zero-order chi connectivity index (χ0) is 50.3. The van der Waals surface area contributed by atoms with Crippen LogP contribution in [0.3, 0.4) is 0 Å². The maximum atomic E-state index is 7.77. The van der Waals surface area contributed by atoms with Gasteiger partial charge in [0.2, 0.25) is 0 Å². The molecule has 11 aromatic rings. The summed E-state index contributed by atoms with van der Waals surface area (Å²) in [5.74, 6) is 1.54. The van der Waals surface area contributed by atoms with Crippen molar-refractivity contribution in [3.63, 3.8) is 0 Å². The van der Waals surface area contributed by atoms with Crippen molar-refractivity contribution in [2.45, 2.75) is 66.0 Å². The third kappa shape index (κ3) is 9.67. The molecule has 349 valence electrons. The molecule has 0 unspecified atom stereocenters. The second-order valence-electron chi connectivity index (χ2n) is 19.4. The predicted molar refractivity (Wildman–Crippen MR) is 299 cm³/mol. The van der Waals surface area contributed by atoms with E-state index in [2.05, 4.69) is 221 Å². The van der Waals surface area contributed by atoms with Crippen LogP contribution in [0, 0.1) is 19.0 Å². The van der Waals surface area contributed by atoms with Crippen LogP contribution >= 0.6 is 11.3 Å². The molecule has 6 heteroatoms. The van der Waals surface area contributed by atoms with E-state index in [1.807, 2.05) is 29.5 Å². The summed E-state index contributed by atoms with van der Waals surface area (Å²) in [5.41, 5.74) is 16.3. The van der Waals surface area contributed by atoms with Crippen LogP contribution in [0.2, 0.25) is 19.6 Å². The largest absolute Gasteiger partial charge is 0.333 e. The topological polar surface area (TPSA) is 30.7 Å². The van der Waals surface area contributed by atoms with E-state index in [-0.39, 0.29) is 20.1 Å². The number of aromatic nitrogens is 3. The van der Waals surface area contributed by atoms with Crippen LogP contribution in [-0.4, -0.2) is 22.6 Å². The molecule has 11 rings (SSSR count). The van der Waals surface area contributed by atoms with Gasteiger partial charge in [0.25, 0.3) is 0 Å². The van der Waals surface area contributed by atoms with Gasteiger partial charge in [-0.05, 0) is 121 Å². The number of imidazole rings is 1. The first-order chi connectivity index (χ1) is 34.6. The number of rotatable bonds is 9. The summed E-state index contributed by atoms with van der Waals surface area (Å²) >= 11 is 1.84. The van der Waals surface area contributed by atoms with Crippen LogP contribution in [0.25, 0.3) is 92.9 Å². The molecule has 8 aromatic carbocycles. The van der Waals surface area contributed by atoms with E-state index in [0.29, 0.717) is 23.1 Å². The van der Waals surface area contributed by atoms with E-state index in [9.17, 15) is 0 Å². The average molecular weight is 1120 g/mol. The van der Waals surface area contributed by atoms with Gasteiger partial charge in [0.05, 0.1) is 24.9 Å². The van der Waals surface area contributed by atoms with Crippen LogP contribution in [0.15, 0.2) is 188 Å². The molecule has 0 spiro atoms. The van der Waals surface area contributed by atoms with Crippen LogP contribution in [0.5, 0.6) is 0 Å². The van der Waals surface area contributed by atoms with Gasteiger partial charge in [0.1, 0.15) is 0 Å². The molecular formula is C64H57IrN3SSi-2. The first-order valence-corrected chi connectivity index (χ1v) is 28.2. The fourth-order valence-electron chi connectivity index (χ4n) is 9.36. The fourth-order valence-corrected chi connectivity index (χ4v) is 11.9. The second-order valence-corrected chi connectivity index (χ2v) is 25.5. The first-order valence-electron chi connectivity index (χ1n) is 25.4. The summed E-state index contributed by atoms with van der Waals surface area (Å²) in [7, 11) is -1.74. The van der Waals surface area contributed by atoms with Gasteiger partial charge in [-0.15, -0.1) is 54.1 Å². The maximum absolute atomic E-state index is 7.77. The standard InChI is InChI=1S/C49H39N2S.C15H18NSi.Ir/c1-31(2)41-29-38(34-16-9-6-10-17-34)30-42(32(3)4)47(41)51-45-21-12-11-20-44(45)50-49(51)40-19-13-18-39-43-28-37(26-27-46(43)52-48(39)40)36-24-22-35(23-25-36)33-14-7-5-8-15-33;1-12-10-14(13-8-6-5-7-9-13)16-11-15(12)17(2,3)4;/h5-18,20-32H,1-4H3;5-8,10-11H,1-4H3;/q2*-1;/i;1D3;. The van der Waals surface area contributed by atoms with Crippen molar-refractivity contribution >= 4 is 55.8 Å². The minimum absolute atomic E-state index is 0. The van der Waals surface area contributed by atoms with Gasteiger partial charge in [-0.1, -0.05) is 173 Å². The number of benzene rings is 8. The van der Waals surface area contributed by atoms with E-state index in [1.54, 1.807) is 18.3 Å². The van der Waals surface area contributed by atoms with Gasteiger partial charge in [-0.2, -0.15) is 11.3 Å². The molecule has 0 aliphatic heterocycles. The molecule has 0 aliphatic carbocycles. The molecule has 3 nitrogen and oxygen atoms in total. The molecule has 0 N–H and O–H groups in total. The third-order valence-corrected chi connectivity index (χ3v) is 16.2. The van der Waals surface area contributed by atoms with Crippen molar-refractivity contribution < 1.29 is 24.2 Å². The molecule has 0 amide bonds. The Morgan fingerprint density at radius 2 is 1.19 bits per heavy atom. The zero-order valence-corrected chi connectivity index (χ0v) is 44.8. The fraction of sp³-hybridized carbons (Fsp3) is 0.156. The first kappa shape index (κ1) is 44.7. The number of hydrogen-bond acceptors (Lipinski definition) is 3. The molecule has 0 atom stereocenters.